The van der Waals surface area contributed by atoms with Gasteiger partial charge in [0.1, 0.15) is 0 Å². The van der Waals surface area contributed by atoms with Crippen molar-refractivity contribution in [3.8, 4) is 0 Å². The van der Waals surface area contributed by atoms with Gasteiger partial charge in [-0.2, -0.15) is 4.98 Å². The summed E-state index contributed by atoms with van der Waals surface area (Å²) in [7, 11) is 0. The number of hydrogen-bond acceptors (Lipinski definition) is 5. The highest BCUT2D eigenvalue weighted by Crippen LogP contribution is 2.29. The third-order valence-electron chi connectivity index (χ3n) is 3.46. The molecule has 0 saturated carbocycles. The number of thiophene rings is 1. The first kappa shape index (κ1) is 13.3. The van der Waals surface area contributed by atoms with Crippen LogP contribution in [0.1, 0.15) is 48.7 Å². The minimum Gasteiger partial charge on any atom is -0.339 e. The second-order valence-corrected chi connectivity index (χ2v) is 6.43. The molecule has 0 aliphatic carbocycles. The van der Waals surface area contributed by atoms with E-state index in [0.717, 1.165) is 0 Å². The summed E-state index contributed by atoms with van der Waals surface area (Å²) < 4.78 is 5.30. The zero-order valence-electron chi connectivity index (χ0n) is 11.6. The topological polar surface area (TPSA) is 59.2 Å². The highest BCUT2D eigenvalue weighted by atomic mass is 32.1. The first-order valence-electron chi connectivity index (χ1n) is 6.77. The van der Waals surface area contributed by atoms with E-state index in [1.807, 2.05) is 30.2 Å². The lowest BCUT2D eigenvalue weighted by atomic mass is 10.1. The van der Waals surface area contributed by atoms with E-state index in [0.29, 0.717) is 31.2 Å². The normalized spacial score (nSPS) is 19.2. The lowest BCUT2D eigenvalue weighted by Gasteiger charge is -2.14. The van der Waals surface area contributed by atoms with Crippen molar-refractivity contribution in [1.82, 2.24) is 15.0 Å². The molecule has 1 aliphatic rings. The molecule has 1 aliphatic heterocycles. The molecule has 1 saturated heterocycles. The molecule has 1 unspecified atom stereocenters. The van der Waals surface area contributed by atoms with Crippen molar-refractivity contribution in [2.45, 2.75) is 38.6 Å². The number of nitrogens with zero attached hydrogens (tertiary/aromatic N) is 3. The molecule has 3 rings (SSSR count). The molecule has 1 fully saturated rings. The fraction of sp³-hybridized carbons (Fsp3) is 0.500. The van der Waals surface area contributed by atoms with Gasteiger partial charge in [-0.15, -0.1) is 11.3 Å². The minimum atomic E-state index is 0.0301. The molecular formula is C14H17N3O2S. The van der Waals surface area contributed by atoms with E-state index in [4.69, 9.17) is 4.52 Å². The van der Waals surface area contributed by atoms with Crippen molar-refractivity contribution in [3.05, 3.63) is 34.1 Å². The highest BCUT2D eigenvalue weighted by molar-refractivity contribution is 7.09. The van der Waals surface area contributed by atoms with Crippen molar-refractivity contribution in [1.29, 1.82) is 0 Å². The van der Waals surface area contributed by atoms with Crippen LogP contribution in [0, 0.1) is 0 Å². The van der Waals surface area contributed by atoms with Crippen molar-refractivity contribution < 1.29 is 9.32 Å². The number of hydrogen-bond donors (Lipinski definition) is 0. The lowest BCUT2D eigenvalue weighted by Crippen LogP contribution is -2.23. The van der Waals surface area contributed by atoms with Crippen molar-refractivity contribution in [2.24, 2.45) is 0 Å². The molecule has 0 N–H and O–H groups in total. The van der Waals surface area contributed by atoms with Crippen LogP contribution in [0.15, 0.2) is 22.0 Å². The van der Waals surface area contributed by atoms with Gasteiger partial charge < -0.3 is 9.42 Å². The summed E-state index contributed by atoms with van der Waals surface area (Å²) in [6, 6.07) is 4.06. The summed E-state index contributed by atoms with van der Waals surface area (Å²) in [5.74, 6) is 1.74. The molecule has 0 spiro atoms. The molecular weight excluding hydrogens is 274 g/mol. The molecule has 0 bridgehead atoms. The van der Waals surface area contributed by atoms with Crippen molar-refractivity contribution >= 4 is 17.2 Å². The standard InChI is InChI=1S/C14H17N3O2S/c1-9(2)13-15-14(19-16-13)10-6-12(18)17(7-10)8-11-4-3-5-20-11/h3-5,9-10H,6-8H2,1-2H3. The average molecular weight is 291 g/mol. The number of aromatic nitrogens is 2. The van der Waals surface area contributed by atoms with Crippen LogP contribution in [0.2, 0.25) is 0 Å². The van der Waals surface area contributed by atoms with Gasteiger partial charge in [-0.1, -0.05) is 25.1 Å². The SMILES string of the molecule is CC(C)c1noc(C2CC(=O)N(Cc3cccs3)C2)n1. The molecule has 20 heavy (non-hydrogen) atoms. The highest BCUT2D eigenvalue weighted by Gasteiger charge is 2.34. The third-order valence-corrected chi connectivity index (χ3v) is 4.33. The smallest absolute Gasteiger partial charge is 0.232 e. The molecule has 106 valence electrons. The molecule has 2 aromatic heterocycles. The summed E-state index contributed by atoms with van der Waals surface area (Å²) in [6.07, 6.45) is 0.463. The molecule has 5 nitrogen and oxygen atoms in total. The van der Waals surface area contributed by atoms with Crippen LogP contribution in [-0.4, -0.2) is 27.5 Å². The number of likely N-dealkylation sites (tertiary alicyclic amines) is 1. The Labute approximate surface area is 121 Å². The molecule has 3 heterocycles. The molecule has 1 amide bonds. The fourth-order valence-electron chi connectivity index (χ4n) is 2.33. The van der Waals surface area contributed by atoms with Crippen LogP contribution in [0.25, 0.3) is 0 Å². The van der Waals surface area contributed by atoms with Crippen molar-refractivity contribution in [2.75, 3.05) is 6.54 Å². The zero-order chi connectivity index (χ0) is 14.1. The summed E-state index contributed by atoms with van der Waals surface area (Å²) in [5.41, 5.74) is 0. The quantitative estimate of drug-likeness (QED) is 0.869. The van der Waals surface area contributed by atoms with E-state index in [9.17, 15) is 4.79 Å². The Kier molecular flexibility index (Phi) is 3.56. The Morgan fingerprint density at radius 3 is 3.05 bits per heavy atom. The van der Waals surface area contributed by atoms with Crippen molar-refractivity contribution in [3.63, 3.8) is 0 Å². The van der Waals surface area contributed by atoms with Gasteiger partial charge in [-0.3, -0.25) is 4.79 Å². The van der Waals surface area contributed by atoms with Gasteiger partial charge in [0.2, 0.25) is 11.8 Å². The Hall–Kier alpha value is -1.69. The first-order valence-corrected chi connectivity index (χ1v) is 7.65. The first-order chi connectivity index (χ1) is 9.63. The van der Waals surface area contributed by atoms with Gasteiger partial charge in [0.15, 0.2) is 5.82 Å². The van der Waals surface area contributed by atoms with E-state index in [2.05, 4.69) is 16.2 Å². The van der Waals surface area contributed by atoms with E-state index >= 15 is 0 Å². The Morgan fingerprint density at radius 2 is 2.40 bits per heavy atom. The molecule has 6 heteroatoms. The maximum atomic E-state index is 12.1. The number of rotatable bonds is 4. The summed E-state index contributed by atoms with van der Waals surface area (Å²) in [6.45, 7) is 5.39. The minimum absolute atomic E-state index is 0.0301. The van der Waals surface area contributed by atoms with Gasteiger partial charge in [0.25, 0.3) is 0 Å². The second-order valence-electron chi connectivity index (χ2n) is 5.40. The number of carbonyl (C=O) groups is 1. The van der Waals surface area contributed by atoms with Crippen LogP contribution >= 0.6 is 11.3 Å². The predicted octanol–water partition coefficient (Wildman–Crippen LogP) is 2.77. The Morgan fingerprint density at radius 1 is 1.55 bits per heavy atom. The van der Waals surface area contributed by atoms with E-state index in [-0.39, 0.29) is 17.7 Å². The molecule has 0 radical (unpaired) electrons. The maximum absolute atomic E-state index is 12.1. The second kappa shape index (κ2) is 5.36. The summed E-state index contributed by atoms with van der Waals surface area (Å²) >= 11 is 1.67. The largest absolute Gasteiger partial charge is 0.339 e. The Bertz CT molecular complexity index is 591. The van der Waals surface area contributed by atoms with Crippen LogP contribution < -0.4 is 0 Å². The number of amides is 1. The van der Waals surface area contributed by atoms with Crippen LogP contribution in [0.3, 0.4) is 0 Å². The summed E-state index contributed by atoms with van der Waals surface area (Å²) in [5, 5.41) is 6.00. The van der Waals surface area contributed by atoms with Gasteiger partial charge in [0.05, 0.1) is 12.5 Å². The van der Waals surface area contributed by atoms with E-state index in [1.54, 1.807) is 11.3 Å². The molecule has 1 atom stereocenters. The summed E-state index contributed by atoms with van der Waals surface area (Å²) in [4.78, 5) is 19.5. The average Bonchev–Trinajstić information content (AvgIpc) is 3.12. The number of carbonyl (C=O) groups excluding carboxylic acids is 1. The van der Waals surface area contributed by atoms with Crippen LogP contribution in [-0.2, 0) is 11.3 Å². The van der Waals surface area contributed by atoms with Crippen LogP contribution in [0.5, 0.6) is 0 Å². The maximum Gasteiger partial charge on any atom is 0.232 e. The van der Waals surface area contributed by atoms with Gasteiger partial charge >= 0.3 is 0 Å². The monoisotopic (exact) mass is 291 g/mol. The lowest BCUT2D eigenvalue weighted by molar-refractivity contribution is -0.128. The third kappa shape index (κ3) is 2.60. The predicted molar refractivity (Wildman–Crippen MR) is 75.5 cm³/mol. The van der Waals surface area contributed by atoms with Crippen LogP contribution in [0.4, 0.5) is 0 Å². The zero-order valence-corrected chi connectivity index (χ0v) is 12.4. The molecule has 2 aromatic rings. The molecule has 0 aromatic carbocycles. The van der Waals surface area contributed by atoms with E-state index < -0.39 is 0 Å². The fourth-order valence-corrected chi connectivity index (χ4v) is 3.05. The van der Waals surface area contributed by atoms with Gasteiger partial charge in [-0.25, -0.2) is 0 Å². The van der Waals surface area contributed by atoms with Gasteiger partial charge in [-0.05, 0) is 11.4 Å². The van der Waals surface area contributed by atoms with Gasteiger partial charge in [0, 0.05) is 23.8 Å². The van der Waals surface area contributed by atoms with E-state index in [1.165, 1.54) is 4.88 Å². The Balaban J connectivity index is 1.69.